The summed E-state index contributed by atoms with van der Waals surface area (Å²) in [6.07, 6.45) is 0. The fraction of sp³-hybridized carbons (Fsp3) is 0.300. The summed E-state index contributed by atoms with van der Waals surface area (Å²) in [6.45, 7) is 3.39. The molecular weight excluding hydrogens is 332 g/mol. The van der Waals surface area contributed by atoms with Crippen LogP contribution in [0.1, 0.15) is 22.8 Å². The maximum absolute atomic E-state index is 11.6. The van der Waals surface area contributed by atoms with Crippen molar-refractivity contribution in [3.8, 4) is 0 Å². The molecule has 0 saturated heterocycles. The Balaban J connectivity index is 3.44. The van der Waals surface area contributed by atoms with Crippen LogP contribution >= 0.6 is 26.6 Å². The quantitative estimate of drug-likeness (QED) is 0.626. The first-order chi connectivity index (χ1) is 7.77. The van der Waals surface area contributed by atoms with Gasteiger partial charge in [-0.25, -0.2) is 13.2 Å². The van der Waals surface area contributed by atoms with Gasteiger partial charge in [0.15, 0.2) is 0 Å². The molecule has 0 fully saturated rings. The molecule has 0 bridgehead atoms. The van der Waals surface area contributed by atoms with Gasteiger partial charge < -0.3 is 4.74 Å². The lowest BCUT2D eigenvalue weighted by Gasteiger charge is -2.09. The van der Waals surface area contributed by atoms with Gasteiger partial charge in [-0.3, -0.25) is 0 Å². The molecule has 0 heterocycles. The fourth-order valence-corrected chi connectivity index (χ4v) is 3.16. The van der Waals surface area contributed by atoms with Crippen LogP contribution in [0.2, 0.25) is 0 Å². The number of hydrogen-bond acceptors (Lipinski definition) is 4. The summed E-state index contributed by atoms with van der Waals surface area (Å²) < 4.78 is 27.9. The lowest BCUT2D eigenvalue weighted by Crippen LogP contribution is -2.09. The van der Waals surface area contributed by atoms with E-state index in [4.69, 9.17) is 15.4 Å². The molecule has 0 aliphatic rings. The highest BCUT2D eigenvalue weighted by atomic mass is 79.9. The van der Waals surface area contributed by atoms with Crippen molar-refractivity contribution in [3.63, 3.8) is 0 Å². The highest BCUT2D eigenvalue weighted by Crippen LogP contribution is 2.27. The zero-order valence-corrected chi connectivity index (χ0v) is 12.3. The Morgan fingerprint density at radius 3 is 2.53 bits per heavy atom. The molecule has 0 spiro atoms. The molecular formula is C10H10BrClO4S. The summed E-state index contributed by atoms with van der Waals surface area (Å²) in [6, 6.07) is 2.85. The molecule has 0 N–H and O–H groups in total. The second-order valence-corrected chi connectivity index (χ2v) is 6.68. The third-order valence-electron chi connectivity index (χ3n) is 2.08. The topological polar surface area (TPSA) is 60.4 Å². The van der Waals surface area contributed by atoms with E-state index in [-0.39, 0.29) is 22.6 Å². The van der Waals surface area contributed by atoms with E-state index in [1.807, 2.05) is 0 Å². The van der Waals surface area contributed by atoms with Gasteiger partial charge in [0.2, 0.25) is 0 Å². The van der Waals surface area contributed by atoms with Gasteiger partial charge in [0.05, 0.1) is 17.1 Å². The van der Waals surface area contributed by atoms with Crippen molar-refractivity contribution < 1.29 is 17.9 Å². The van der Waals surface area contributed by atoms with Gasteiger partial charge in [0, 0.05) is 15.2 Å². The van der Waals surface area contributed by atoms with Crippen LogP contribution in [0.15, 0.2) is 21.5 Å². The Morgan fingerprint density at radius 2 is 2.06 bits per heavy atom. The first-order valence-corrected chi connectivity index (χ1v) is 7.79. The minimum Gasteiger partial charge on any atom is -0.462 e. The van der Waals surface area contributed by atoms with Crippen molar-refractivity contribution in [2.24, 2.45) is 0 Å². The van der Waals surface area contributed by atoms with Crippen LogP contribution < -0.4 is 0 Å². The van der Waals surface area contributed by atoms with Gasteiger partial charge in [0.25, 0.3) is 9.05 Å². The van der Waals surface area contributed by atoms with E-state index in [9.17, 15) is 13.2 Å². The molecule has 1 aromatic rings. The maximum atomic E-state index is 11.6. The zero-order chi connectivity index (χ0) is 13.2. The van der Waals surface area contributed by atoms with Crippen molar-refractivity contribution in [1.29, 1.82) is 0 Å². The Labute approximate surface area is 112 Å². The van der Waals surface area contributed by atoms with E-state index in [0.717, 1.165) is 0 Å². The first-order valence-electron chi connectivity index (χ1n) is 4.69. The number of hydrogen-bond donors (Lipinski definition) is 0. The molecule has 0 amide bonds. The third-order valence-corrected chi connectivity index (χ3v) is 3.99. The molecule has 94 valence electrons. The number of carbonyl (C=O) groups excluding carboxylic acids is 1. The number of esters is 1. The Hall–Kier alpha value is -0.590. The van der Waals surface area contributed by atoms with Crippen molar-refractivity contribution in [2.75, 3.05) is 6.61 Å². The number of halogens is 2. The summed E-state index contributed by atoms with van der Waals surface area (Å²) in [4.78, 5) is 11.5. The van der Waals surface area contributed by atoms with Gasteiger partial charge in [0.1, 0.15) is 0 Å². The molecule has 0 aliphatic heterocycles. The molecule has 0 unspecified atom stereocenters. The average molecular weight is 342 g/mol. The summed E-state index contributed by atoms with van der Waals surface area (Å²) in [7, 11) is 1.40. The van der Waals surface area contributed by atoms with Gasteiger partial charge >= 0.3 is 5.97 Å². The molecule has 0 saturated carbocycles. The monoisotopic (exact) mass is 340 g/mol. The average Bonchev–Trinajstić information content (AvgIpc) is 2.19. The van der Waals surface area contributed by atoms with Crippen molar-refractivity contribution >= 4 is 41.6 Å². The molecule has 1 aromatic carbocycles. The van der Waals surface area contributed by atoms with E-state index in [1.54, 1.807) is 6.92 Å². The van der Waals surface area contributed by atoms with E-state index in [1.165, 1.54) is 19.1 Å². The van der Waals surface area contributed by atoms with E-state index < -0.39 is 15.0 Å². The van der Waals surface area contributed by atoms with Gasteiger partial charge in [-0.1, -0.05) is 15.9 Å². The van der Waals surface area contributed by atoms with E-state index in [0.29, 0.717) is 4.47 Å². The second-order valence-electron chi connectivity index (χ2n) is 3.23. The molecule has 0 radical (unpaired) electrons. The Morgan fingerprint density at radius 1 is 1.47 bits per heavy atom. The van der Waals surface area contributed by atoms with Crippen LogP contribution in [0.4, 0.5) is 0 Å². The van der Waals surface area contributed by atoms with Crippen LogP contribution in [0.25, 0.3) is 0 Å². The molecule has 4 nitrogen and oxygen atoms in total. The van der Waals surface area contributed by atoms with Gasteiger partial charge in [-0.15, -0.1) is 0 Å². The summed E-state index contributed by atoms with van der Waals surface area (Å²) >= 11 is 3.13. The maximum Gasteiger partial charge on any atom is 0.338 e. The van der Waals surface area contributed by atoms with Gasteiger partial charge in [-0.05, 0) is 31.5 Å². The number of ether oxygens (including phenoxy) is 1. The van der Waals surface area contributed by atoms with Crippen LogP contribution in [-0.4, -0.2) is 21.0 Å². The molecule has 0 atom stereocenters. The van der Waals surface area contributed by atoms with Crippen LogP contribution in [0, 0.1) is 6.92 Å². The molecule has 7 heteroatoms. The minimum atomic E-state index is -3.89. The molecule has 1 rings (SSSR count). The lowest BCUT2D eigenvalue weighted by atomic mass is 10.1. The highest BCUT2D eigenvalue weighted by molar-refractivity contribution is 9.10. The molecule has 0 aliphatic carbocycles. The summed E-state index contributed by atoms with van der Waals surface area (Å²) in [5.74, 6) is -0.576. The highest BCUT2D eigenvalue weighted by Gasteiger charge is 2.20. The molecule has 17 heavy (non-hydrogen) atoms. The third kappa shape index (κ3) is 3.43. The predicted molar refractivity (Wildman–Crippen MR) is 67.9 cm³/mol. The fourth-order valence-electron chi connectivity index (χ4n) is 1.33. The van der Waals surface area contributed by atoms with Crippen molar-refractivity contribution in [1.82, 2.24) is 0 Å². The summed E-state index contributed by atoms with van der Waals surface area (Å²) in [5, 5.41) is 0. The SMILES string of the molecule is CCOC(=O)c1cc(Br)cc(S(=O)(=O)Cl)c1C. The Bertz CT molecular complexity index is 554. The van der Waals surface area contributed by atoms with E-state index in [2.05, 4.69) is 15.9 Å². The van der Waals surface area contributed by atoms with Crippen LogP contribution in [-0.2, 0) is 13.8 Å². The number of carbonyl (C=O) groups is 1. The molecule has 0 aromatic heterocycles. The number of rotatable bonds is 3. The predicted octanol–water partition coefficient (Wildman–Crippen LogP) is 2.86. The van der Waals surface area contributed by atoms with Crippen LogP contribution in [0.3, 0.4) is 0 Å². The lowest BCUT2D eigenvalue weighted by molar-refractivity contribution is 0.0525. The Kier molecular flexibility index (Phi) is 4.57. The smallest absolute Gasteiger partial charge is 0.338 e. The first kappa shape index (κ1) is 14.5. The largest absolute Gasteiger partial charge is 0.462 e. The van der Waals surface area contributed by atoms with Crippen molar-refractivity contribution in [3.05, 3.63) is 27.7 Å². The van der Waals surface area contributed by atoms with Crippen LogP contribution in [0.5, 0.6) is 0 Å². The standard InChI is InChI=1S/C10H10BrClO4S/c1-3-16-10(13)8-4-7(11)5-9(6(8)2)17(12,14)15/h4-5H,3H2,1-2H3. The summed E-state index contributed by atoms with van der Waals surface area (Å²) in [5.41, 5.74) is 0.460. The second kappa shape index (κ2) is 5.37. The van der Waals surface area contributed by atoms with Gasteiger partial charge in [-0.2, -0.15) is 0 Å². The van der Waals surface area contributed by atoms with E-state index >= 15 is 0 Å². The normalized spacial score (nSPS) is 11.3. The zero-order valence-electron chi connectivity index (χ0n) is 9.16. The minimum absolute atomic E-state index is 0.100. The van der Waals surface area contributed by atoms with Crippen molar-refractivity contribution in [2.45, 2.75) is 18.7 Å². The number of benzene rings is 1.